The van der Waals surface area contributed by atoms with E-state index in [1.165, 1.54) is 12.8 Å². The molecule has 0 atom stereocenters. The number of nitrogens with zero attached hydrogens (tertiary/aromatic N) is 3. The Balaban J connectivity index is 1.88. The molecule has 2 aliphatic rings. The van der Waals surface area contributed by atoms with E-state index in [1.807, 2.05) is 16.8 Å². The zero-order valence-electron chi connectivity index (χ0n) is 9.06. The molecule has 82 valence electrons. The highest BCUT2D eigenvalue weighted by atomic mass is 15.3. The summed E-state index contributed by atoms with van der Waals surface area (Å²) in [5.74, 6) is 0. The van der Waals surface area contributed by atoms with Gasteiger partial charge >= 0.3 is 0 Å². The quantitative estimate of drug-likeness (QED) is 0.818. The molecule has 2 N–H and O–H groups in total. The molecule has 2 aromatic rings. The summed E-state index contributed by atoms with van der Waals surface area (Å²) in [6.45, 7) is 0. The minimum absolute atomic E-state index is 0.0327. The summed E-state index contributed by atoms with van der Waals surface area (Å²) in [5.41, 5.74) is 8.64. The zero-order chi connectivity index (χ0) is 10.8. The molecule has 4 nitrogen and oxygen atoms in total. The molecule has 2 fully saturated rings. The lowest BCUT2D eigenvalue weighted by molar-refractivity contribution is 0.488. The number of aromatic nitrogens is 3. The number of hydrogen-bond donors (Lipinski definition) is 1. The maximum atomic E-state index is 6.37. The highest BCUT2D eigenvalue weighted by Crippen LogP contribution is 2.63. The van der Waals surface area contributed by atoms with Crippen LogP contribution >= 0.6 is 0 Å². The van der Waals surface area contributed by atoms with E-state index in [-0.39, 0.29) is 11.0 Å². The van der Waals surface area contributed by atoms with Gasteiger partial charge in [0.05, 0.1) is 5.69 Å². The molecule has 2 aliphatic carbocycles. The van der Waals surface area contributed by atoms with Crippen molar-refractivity contribution >= 4 is 5.65 Å². The number of fused-ring (bicyclic) bond motifs is 1. The Kier molecular flexibility index (Phi) is 1.34. The Morgan fingerprint density at radius 1 is 1.25 bits per heavy atom. The minimum atomic E-state index is 0.0327. The summed E-state index contributed by atoms with van der Waals surface area (Å²) in [6.07, 6.45) is 8.41. The minimum Gasteiger partial charge on any atom is -0.324 e. The standard InChI is InChI=1S/C12H14N4/c13-12(4-5-12)11(2-3-11)9-8-10-14-6-1-7-16(10)15-9/h1,6-8H,2-5,13H2. The second-order valence-corrected chi connectivity index (χ2v) is 5.19. The van der Waals surface area contributed by atoms with Crippen molar-refractivity contribution in [3.63, 3.8) is 0 Å². The fraction of sp³-hybridized carbons (Fsp3) is 0.500. The molecule has 0 saturated heterocycles. The van der Waals surface area contributed by atoms with Crippen molar-refractivity contribution < 1.29 is 0 Å². The molecule has 2 saturated carbocycles. The van der Waals surface area contributed by atoms with Gasteiger partial charge in [0.25, 0.3) is 0 Å². The van der Waals surface area contributed by atoms with Gasteiger partial charge in [-0.1, -0.05) is 0 Å². The highest BCUT2D eigenvalue weighted by Gasteiger charge is 2.65. The lowest BCUT2D eigenvalue weighted by Crippen LogP contribution is -2.37. The third-order valence-corrected chi connectivity index (χ3v) is 4.22. The normalized spacial score (nSPS) is 24.6. The second-order valence-electron chi connectivity index (χ2n) is 5.19. The zero-order valence-corrected chi connectivity index (χ0v) is 9.06. The Labute approximate surface area is 93.5 Å². The van der Waals surface area contributed by atoms with Crippen molar-refractivity contribution in [1.82, 2.24) is 14.6 Å². The van der Waals surface area contributed by atoms with E-state index in [0.717, 1.165) is 24.2 Å². The van der Waals surface area contributed by atoms with E-state index in [2.05, 4.69) is 16.1 Å². The first-order chi connectivity index (χ1) is 7.74. The first-order valence-electron chi connectivity index (χ1n) is 5.83. The van der Waals surface area contributed by atoms with E-state index in [4.69, 9.17) is 5.73 Å². The van der Waals surface area contributed by atoms with Crippen molar-refractivity contribution in [3.8, 4) is 0 Å². The van der Waals surface area contributed by atoms with E-state index in [0.29, 0.717) is 0 Å². The van der Waals surface area contributed by atoms with Gasteiger partial charge in [0, 0.05) is 29.4 Å². The molecule has 0 unspecified atom stereocenters. The first kappa shape index (κ1) is 8.70. The lowest BCUT2D eigenvalue weighted by Gasteiger charge is -2.19. The number of nitrogens with two attached hydrogens (primary N) is 1. The molecule has 0 amide bonds. The van der Waals surface area contributed by atoms with Gasteiger partial charge in [0.15, 0.2) is 5.65 Å². The molecular weight excluding hydrogens is 200 g/mol. The fourth-order valence-electron chi connectivity index (χ4n) is 2.81. The Morgan fingerprint density at radius 2 is 2.06 bits per heavy atom. The van der Waals surface area contributed by atoms with Crippen LogP contribution in [0.2, 0.25) is 0 Å². The number of hydrogen-bond acceptors (Lipinski definition) is 3. The van der Waals surface area contributed by atoms with Gasteiger partial charge in [0.2, 0.25) is 0 Å². The van der Waals surface area contributed by atoms with Gasteiger partial charge in [-0.15, -0.1) is 0 Å². The Bertz CT molecular complexity index is 530. The molecule has 0 bridgehead atoms. The average Bonchev–Trinajstić information content (AvgIpc) is 3.18. The highest BCUT2D eigenvalue weighted by molar-refractivity contribution is 5.46. The van der Waals surface area contributed by atoms with Crippen LogP contribution in [0.4, 0.5) is 0 Å². The molecule has 0 aliphatic heterocycles. The van der Waals surface area contributed by atoms with Crippen LogP contribution in [0.5, 0.6) is 0 Å². The summed E-state index contributed by atoms with van der Waals surface area (Å²) >= 11 is 0. The Hall–Kier alpha value is -1.42. The van der Waals surface area contributed by atoms with Crippen LogP contribution in [0.25, 0.3) is 5.65 Å². The molecule has 16 heavy (non-hydrogen) atoms. The van der Waals surface area contributed by atoms with Crippen LogP contribution in [0, 0.1) is 0 Å². The fourth-order valence-corrected chi connectivity index (χ4v) is 2.81. The monoisotopic (exact) mass is 214 g/mol. The van der Waals surface area contributed by atoms with Crippen LogP contribution in [0.15, 0.2) is 24.5 Å². The van der Waals surface area contributed by atoms with Crippen molar-refractivity contribution in [3.05, 3.63) is 30.2 Å². The van der Waals surface area contributed by atoms with Crippen molar-refractivity contribution in [1.29, 1.82) is 0 Å². The van der Waals surface area contributed by atoms with Gasteiger partial charge in [-0.25, -0.2) is 9.50 Å². The third kappa shape index (κ3) is 0.930. The topological polar surface area (TPSA) is 56.2 Å². The summed E-state index contributed by atoms with van der Waals surface area (Å²) < 4.78 is 1.85. The molecule has 0 aromatic carbocycles. The average molecular weight is 214 g/mol. The van der Waals surface area contributed by atoms with Gasteiger partial charge in [-0.3, -0.25) is 0 Å². The number of rotatable bonds is 2. The van der Waals surface area contributed by atoms with Crippen LogP contribution in [-0.2, 0) is 5.41 Å². The Morgan fingerprint density at radius 3 is 2.69 bits per heavy atom. The molecular formula is C12H14N4. The van der Waals surface area contributed by atoms with Crippen molar-refractivity contribution in [2.24, 2.45) is 5.73 Å². The molecule has 2 heterocycles. The molecule has 4 heteroatoms. The van der Waals surface area contributed by atoms with Gasteiger partial charge in [-0.05, 0) is 31.7 Å². The summed E-state index contributed by atoms with van der Waals surface area (Å²) in [4.78, 5) is 4.31. The first-order valence-corrected chi connectivity index (χ1v) is 5.83. The maximum absolute atomic E-state index is 6.37. The maximum Gasteiger partial charge on any atom is 0.155 e. The van der Waals surface area contributed by atoms with Crippen molar-refractivity contribution in [2.75, 3.05) is 0 Å². The van der Waals surface area contributed by atoms with E-state index in [1.54, 1.807) is 6.20 Å². The molecule has 4 rings (SSSR count). The largest absolute Gasteiger partial charge is 0.324 e. The SMILES string of the molecule is NC1(C2(c3cc4ncccn4n3)CC2)CC1. The third-order valence-electron chi connectivity index (χ3n) is 4.22. The van der Waals surface area contributed by atoms with E-state index in [9.17, 15) is 0 Å². The van der Waals surface area contributed by atoms with Crippen LogP contribution in [0.3, 0.4) is 0 Å². The van der Waals surface area contributed by atoms with Crippen molar-refractivity contribution in [2.45, 2.75) is 36.6 Å². The predicted molar refractivity (Wildman–Crippen MR) is 60.1 cm³/mol. The molecule has 0 spiro atoms. The van der Waals surface area contributed by atoms with Gasteiger partial charge in [0.1, 0.15) is 0 Å². The van der Waals surface area contributed by atoms with Gasteiger partial charge < -0.3 is 5.73 Å². The van der Waals surface area contributed by atoms with E-state index >= 15 is 0 Å². The van der Waals surface area contributed by atoms with Crippen LogP contribution in [0.1, 0.15) is 31.4 Å². The lowest BCUT2D eigenvalue weighted by atomic mass is 9.91. The molecule has 2 aromatic heterocycles. The van der Waals surface area contributed by atoms with Crippen LogP contribution < -0.4 is 5.73 Å². The molecule has 0 radical (unpaired) electrons. The predicted octanol–water partition coefficient (Wildman–Crippen LogP) is 1.25. The summed E-state index contributed by atoms with van der Waals surface area (Å²) in [5, 5.41) is 4.63. The van der Waals surface area contributed by atoms with E-state index < -0.39 is 0 Å². The summed E-state index contributed by atoms with van der Waals surface area (Å²) in [7, 11) is 0. The van der Waals surface area contributed by atoms with Gasteiger partial charge in [-0.2, -0.15) is 5.10 Å². The van der Waals surface area contributed by atoms with Crippen LogP contribution in [-0.4, -0.2) is 20.1 Å². The second kappa shape index (κ2) is 2.46. The summed E-state index contributed by atoms with van der Waals surface area (Å²) in [6, 6.07) is 4.00. The smallest absolute Gasteiger partial charge is 0.155 e.